The second-order valence-corrected chi connectivity index (χ2v) is 8.15. The molecule has 3 unspecified atom stereocenters. The standard InChI is InChI=1S/C15H29NOS/c1-4-13-11-16(8-9-18-13)10-12-6-5-7-15(2,3)14(12)17/h12-14,17H,4-11H2,1-3H3. The average Bonchev–Trinajstić information content (AvgIpc) is 2.35. The third-order valence-electron chi connectivity index (χ3n) is 4.81. The van der Waals surface area contributed by atoms with E-state index in [1.165, 1.54) is 44.5 Å². The molecule has 2 fully saturated rings. The minimum absolute atomic E-state index is 0.110. The molecule has 18 heavy (non-hydrogen) atoms. The summed E-state index contributed by atoms with van der Waals surface area (Å²) < 4.78 is 0. The zero-order chi connectivity index (χ0) is 13.2. The number of nitrogens with zero attached hydrogens (tertiary/aromatic N) is 1. The SMILES string of the molecule is CCC1CN(CC2CCCC(C)(C)C2O)CCS1. The van der Waals surface area contributed by atoms with Crippen LogP contribution in [0.1, 0.15) is 46.5 Å². The third-order valence-corrected chi connectivity index (χ3v) is 6.19. The van der Waals surface area contributed by atoms with Gasteiger partial charge in [0.15, 0.2) is 0 Å². The van der Waals surface area contributed by atoms with Crippen LogP contribution >= 0.6 is 11.8 Å². The van der Waals surface area contributed by atoms with E-state index in [9.17, 15) is 5.11 Å². The summed E-state index contributed by atoms with van der Waals surface area (Å²) in [4.78, 5) is 2.60. The van der Waals surface area contributed by atoms with Crippen molar-refractivity contribution in [2.24, 2.45) is 11.3 Å². The van der Waals surface area contributed by atoms with Crippen LogP contribution in [-0.4, -0.2) is 46.7 Å². The Balaban J connectivity index is 1.88. The predicted molar refractivity (Wildman–Crippen MR) is 80.1 cm³/mol. The second-order valence-electron chi connectivity index (χ2n) is 6.75. The Morgan fingerprint density at radius 1 is 1.39 bits per heavy atom. The summed E-state index contributed by atoms with van der Waals surface area (Å²) >= 11 is 2.13. The fourth-order valence-electron chi connectivity index (χ4n) is 3.48. The highest BCUT2D eigenvalue weighted by atomic mass is 32.2. The van der Waals surface area contributed by atoms with Crippen LogP contribution in [0.3, 0.4) is 0 Å². The fraction of sp³-hybridized carbons (Fsp3) is 1.00. The van der Waals surface area contributed by atoms with Crippen LogP contribution in [0, 0.1) is 11.3 Å². The molecule has 0 spiro atoms. The van der Waals surface area contributed by atoms with Gasteiger partial charge in [-0.2, -0.15) is 11.8 Å². The molecule has 1 heterocycles. The molecule has 1 aliphatic heterocycles. The first kappa shape index (κ1) is 14.7. The first-order chi connectivity index (χ1) is 8.53. The van der Waals surface area contributed by atoms with E-state index in [0.29, 0.717) is 5.92 Å². The molecule has 2 nitrogen and oxygen atoms in total. The smallest absolute Gasteiger partial charge is 0.0631 e. The van der Waals surface area contributed by atoms with E-state index in [-0.39, 0.29) is 11.5 Å². The van der Waals surface area contributed by atoms with Crippen LogP contribution in [0.5, 0.6) is 0 Å². The van der Waals surface area contributed by atoms with E-state index in [1.807, 2.05) is 0 Å². The highest BCUT2D eigenvalue weighted by Gasteiger charge is 2.38. The predicted octanol–water partition coefficient (Wildman–Crippen LogP) is 3.00. The molecule has 0 amide bonds. The van der Waals surface area contributed by atoms with Gasteiger partial charge in [-0.1, -0.05) is 27.2 Å². The van der Waals surface area contributed by atoms with E-state index < -0.39 is 0 Å². The summed E-state index contributed by atoms with van der Waals surface area (Å²) in [5.41, 5.74) is 0.123. The maximum atomic E-state index is 10.5. The quantitative estimate of drug-likeness (QED) is 0.853. The Morgan fingerprint density at radius 2 is 2.17 bits per heavy atom. The van der Waals surface area contributed by atoms with Gasteiger partial charge in [0.1, 0.15) is 0 Å². The van der Waals surface area contributed by atoms with Gasteiger partial charge < -0.3 is 10.0 Å². The molecule has 0 radical (unpaired) electrons. The number of hydrogen-bond acceptors (Lipinski definition) is 3. The molecule has 1 aliphatic carbocycles. The zero-order valence-electron chi connectivity index (χ0n) is 12.2. The van der Waals surface area contributed by atoms with E-state index >= 15 is 0 Å². The van der Waals surface area contributed by atoms with Crippen molar-refractivity contribution in [3.8, 4) is 0 Å². The lowest BCUT2D eigenvalue weighted by molar-refractivity contribution is -0.0426. The van der Waals surface area contributed by atoms with Crippen molar-refractivity contribution in [2.45, 2.75) is 57.8 Å². The molecular weight excluding hydrogens is 242 g/mol. The van der Waals surface area contributed by atoms with Crippen LogP contribution < -0.4 is 0 Å². The van der Waals surface area contributed by atoms with Gasteiger partial charge in [0.05, 0.1) is 6.10 Å². The summed E-state index contributed by atoms with van der Waals surface area (Å²) in [6, 6.07) is 0. The Bertz CT molecular complexity index is 269. The first-order valence-electron chi connectivity index (χ1n) is 7.55. The Labute approximate surface area is 117 Å². The molecule has 106 valence electrons. The number of rotatable bonds is 3. The zero-order valence-corrected chi connectivity index (χ0v) is 13.0. The molecule has 2 rings (SSSR count). The maximum absolute atomic E-state index is 10.5. The lowest BCUT2D eigenvalue weighted by Crippen LogP contribution is -2.47. The summed E-state index contributed by atoms with van der Waals surface area (Å²) in [6.45, 7) is 10.3. The van der Waals surface area contributed by atoms with Crippen LogP contribution in [0.4, 0.5) is 0 Å². The van der Waals surface area contributed by atoms with E-state index in [2.05, 4.69) is 37.4 Å². The molecule has 2 aliphatic rings. The number of hydrogen-bond donors (Lipinski definition) is 1. The number of aliphatic hydroxyl groups excluding tert-OH is 1. The van der Waals surface area contributed by atoms with Gasteiger partial charge in [0.25, 0.3) is 0 Å². The van der Waals surface area contributed by atoms with Gasteiger partial charge >= 0.3 is 0 Å². The van der Waals surface area contributed by atoms with Gasteiger partial charge in [-0.15, -0.1) is 0 Å². The molecule has 0 aromatic rings. The summed E-state index contributed by atoms with van der Waals surface area (Å²) in [5, 5.41) is 11.3. The van der Waals surface area contributed by atoms with Crippen LogP contribution in [0.15, 0.2) is 0 Å². The van der Waals surface area contributed by atoms with Gasteiger partial charge in [-0.3, -0.25) is 0 Å². The Hall–Kier alpha value is 0.270. The molecule has 0 aromatic heterocycles. The van der Waals surface area contributed by atoms with Crippen molar-refractivity contribution in [1.82, 2.24) is 4.90 Å². The topological polar surface area (TPSA) is 23.5 Å². The Kier molecular flexibility index (Phi) is 5.01. The molecule has 0 aromatic carbocycles. The lowest BCUT2D eigenvalue weighted by Gasteiger charge is -2.43. The first-order valence-corrected chi connectivity index (χ1v) is 8.60. The van der Waals surface area contributed by atoms with Crippen molar-refractivity contribution in [1.29, 1.82) is 0 Å². The van der Waals surface area contributed by atoms with Crippen LogP contribution in [0.25, 0.3) is 0 Å². The second kappa shape index (κ2) is 6.15. The highest BCUT2D eigenvalue weighted by molar-refractivity contribution is 8.00. The van der Waals surface area contributed by atoms with Crippen molar-refractivity contribution >= 4 is 11.8 Å². The highest BCUT2D eigenvalue weighted by Crippen LogP contribution is 2.39. The average molecular weight is 271 g/mol. The van der Waals surface area contributed by atoms with Crippen LogP contribution in [-0.2, 0) is 0 Å². The van der Waals surface area contributed by atoms with Crippen molar-refractivity contribution in [2.75, 3.05) is 25.4 Å². The molecule has 1 saturated heterocycles. The van der Waals surface area contributed by atoms with Gasteiger partial charge in [-0.25, -0.2) is 0 Å². The van der Waals surface area contributed by atoms with Gasteiger partial charge in [0.2, 0.25) is 0 Å². The Morgan fingerprint density at radius 3 is 2.89 bits per heavy atom. The van der Waals surface area contributed by atoms with Crippen molar-refractivity contribution in [3.05, 3.63) is 0 Å². The van der Waals surface area contributed by atoms with Crippen molar-refractivity contribution < 1.29 is 5.11 Å². The molecule has 1 saturated carbocycles. The number of thioether (sulfide) groups is 1. The minimum Gasteiger partial charge on any atom is -0.392 e. The summed E-state index contributed by atoms with van der Waals surface area (Å²) in [5.74, 6) is 1.76. The normalized spacial score (nSPS) is 37.7. The van der Waals surface area contributed by atoms with Gasteiger partial charge in [0, 0.05) is 30.6 Å². The molecule has 1 N–H and O–H groups in total. The largest absolute Gasteiger partial charge is 0.392 e. The van der Waals surface area contributed by atoms with E-state index in [4.69, 9.17) is 0 Å². The summed E-state index contributed by atoms with van der Waals surface area (Å²) in [7, 11) is 0. The van der Waals surface area contributed by atoms with E-state index in [0.717, 1.165) is 11.8 Å². The molecular formula is C15H29NOS. The fourth-order valence-corrected chi connectivity index (χ4v) is 4.73. The molecule has 3 atom stereocenters. The molecule has 0 bridgehead atoms. The van der Waals surface area contributed by atoms with Crippen molar-refractivity contribution in [3.63, 3.8) is 0 Å². The van der Waals surface area contributed by atoms with Gasteiger partial charge in [-0.05, 0) is 30.6 Å². The van der Waals surface area contributed by atoms with E-state index in [1.54, 1.807) is 0 Å². The molecule has 3 heteroatoms. The number of aliphatic hydroxyl groups is 1. The minimum atomic E-state index is -0.110. The third kappa shape index (κ3) is 3.43. The maximum Gasteiger partial charge on any atom is 0.0631 e. The lowest BCUT2D eigenvalue weighted by atomic mass is 9.69. The van der Waals surface area contributed by atoms with Crippen LogP contribution in [0.2, 0.25) is 0 Å². The monoisotopic (exact) mass is 271 g/mol. The summed E-state index contributed by atoms with van der Waals surface area (Å²) in [6.07, 6.45) is 4.85.